The molecule has 0 saturated heterocycles. The zero-order valence-corrected chi connectivity index (χ0v) is 14.4. The second-order valence-electron chi connectivity index (χ2n) is 6.01. The average molecular weight is 327 g/mol. The van der Waals surface area contributed by atoms with Crippen LogP contribution in [-0.2, 0) is 10.0 Å². The summed E-state index contributed by atoms with van der Waals surface area (Å²) in [6, 6.07) is 4.64. The molecule has 0 aliphatic heterocycles. The molecule has 0 unspecified atom stereocenters. The van der Waals surface area contributed by atoms with Crippen LogP contribution in [0.5, 0.6) is 11.5 Å². The van der Waals surface area contributed by atoms with Gasteiger partial charge in [0.1, 0.15) is 0 Å². The topological polar surface area (TPSA) is 64.6 Å². The van der Waals surface area contributed by atoms with E-state index in [1.807, 2.05) is 0 Å². The number of ether oxygens (including phenoxy) is 2. The van der Waals surface area contributed by atoms with Gasteiger partial charge in [0.2, 0.25) is 10.0 Å². The van der Waals surface area contributed by atoms with Crippen LogP contribution in [-0.4, -0.2) is 28.7 Å². The highest BCUT2D eigenvalue weighted by Gasteiger charge is 2.31. The van der Waals surface area contributed by atoms with Gasteiger partial charge in [-0.25, -0.2) is 13.1 Å². The second-order valence-corrected chi connectivity index (χ2v) is 7.73. The molecular weight excluding hydrogens is 302 g/mol. The van der Waals surface area contributed by atoms with Crippen LogP contribution in [0.25, 0.3) is 0 Å². The van der Waals surface area contributed by atoms with Gasteiger partial charge < -0.3 is 9.47 Å². The van der Waals surface area contributed by atoms with E-state index in [1.54, 1.807) is 12.1 Å². The second kappa shape index (κ2) is 6.87. The van der Waals surface area contributed by atoms with Crippen molar-refractivity contribution in [1.29, 1.82) is 0 Å². The molecule has 0 heterocycles. The number of hydrogen-bond donors (Lipinski definition) is 1. The summed E-state index contributed by atoms with van der Waals surface area (Å²) >= 11 is 0. The van der Waals surface area contributed by atoms with E-state index in [0.29, 0.717) is 23.3 Å². The summed E-state index contributed by atoms with van der Waals surface area (Å²) in [7, 11) is -0.544. The molecule has 6 heteroatoms. The molecule has 1 aliphatic rings. The molecule has 1 fully saturated rings. The third kappa shape index (κ3) is 3.55. The lowest BCUT2D eigenvalue weighted by atomic mass is 9.78. The Kier molecular flexibility index (Phi) is 5.34. The first-order chi connectivity index (χ1) is 10.4. The van der Waals surface area contributed by atoms with Crippen LogP contribution in [0, 0.1) is 11.8 Å². The third-order valence-corrected chi connectivity index (χ3v) is 6.17. The fourth-order valence-corrected chi connectivity index (χ4v) is 4.38. The Morgan fingerprint density at radius 3 is 2.41 bits per heavy atom. The molecule has 3 atom stereocenters. The fourth-order valence-electron chi connectivity index (χ4n) is 3.00. The van der Waals surface area contributed by atoms with Crippen molar-refractivity contribution in [1.82, 2.24) is 4.72 Å². The Labute approximate surface area is 133 Å². The number of nitrogens with one attached hydrogen (secondary N) is 1. The molecule has 0 bridgehead atoms. The number of sulfonamides is 1. The van der Waals surface area contributed by atoms with Crippen LogP contribution in [0.15, 0.2) is 23.1 Å². The van der Waals surface area contributed by atoms with Gasteiger partial charge in [-0.2, -0.15) is 0 Å². The standard InChI is InChI=1S/C16H25NO4S/c1-11-6-5-7-14(12(11)2)17-22(18,19)13-8-9-15(20-3)16(10-13)21-4/h8-12,14,17H,5-7H2,1-4H3/t11-,12+,14+/m0/s1. The summed E-state index contributed by atoms with van der Waals surface area (Å²) in [6.45, 7) is 4.30. The number of hydrogen-bond acceptors (Lipinski definition) is 4. The number of methoxy groups -OCH3 is 2. The van der Waals surface area contributed by atoms with E-state index in [1.165, 1.54) is 20.3 Å². The zero-order valence-electron chi connectivity index (χ0n) is 13.6. The molecule has 22 heavy (non-hydrogen) atoms. The Hall–Kier alpha value is -1.27. The molecule has 1 N–H and O–H groups in total. The van der Waals surface area contributed by atoms with Crippen LogP contribution in [0.1, 0.15) is 33.1 Å². The quantitative estimate of drug-likeness (QED) is 0.903. The lowest BCUT2D eigenvalue weighted by Gasteiger charge is -2.34. The lowest BCUT2D eigenvalue weighted by molar-refractivity contribution is 0.227. The van der Waals surface area contributed by atoms with Crippen molar-refractivity contribution < 1.29 is 17.9 Å². The van der Waals surface area contributed by atoms with Crippen LogP contribution < -0.4 is 14.2 Å². The molecule has 0 aromatic heterocycles. The summed E-state index contributed by atoms with van der Waals surface area (Å²) in [5, 5.41) is 0. The zero-order chi connectivity index (χ0) is 16.3. The summed E-state index contributed by atoms with van der Waals surface area (Å²) in [5.41, 5.74) is 0. The highest BCUT2D eigenvalue weighted by molar-refractivity contribution is 7.89. The van der Waals surface area contributed by atoms with E-state index in [9.17, 15) is 8.42 Å². The van der Waals surface area contributed by atoms with Crippen molar-refractivity contribution >= 4 is 10.0 Å². The fraction of sp³-hybridized carbons (Fsp3) is 0.625. The van der Waals surface area contributed by atoms with Gasteiger partial charge in [-0.1, -0.05) is 26.7 Å². The third-order valence-electron chi connectivity index (χ3n) is 4.68. The van der Waals surface area contributed by atoms with Gasteiger partial charge in [-0.15, -0.1) is 0 Å². The minimum absolute atomic E-state index is 0.0122. The minimum Gasteiger partial charge on any atom is -0.493 e. The van der Waals surface area contributed by atoms with Gasteiger partial charge in [0, 0.05) is 12.1 Å². The van der Waals surface area contributed by atoms with Gasteiger partial charge in [0.15, 0.2) is 11.5 Å². The Balaban J connectivity index is 2.23. The van der Waals surface area contributed by atoms with Crippen molar-refractivity contribution in [3.63, 3.8) is 0 Å². The SMILES string of the molecule is COc1ccc(S(=O)(=O)N[C@@H]2CCC[C@H](C)[C@H]2C)cc1OC. The van der Waals surface area contributed by atoms with Crippen molar-refractivity contribution in [3.05, 3.63) is 18.2 Å². The van der Waals surface area contributed by atoms with Crippen molar-refractivity contribution in [3.8, 4) is 11.5 Å². The molecule has 2 rings (SSSR count). The first-order valence-corrected chi connectivity index (χ1v) is 9.11. The maximum absolute atomic E-state index is 12.6. The molecule has 0 radical (unpaired) electrons. The van der Waals surface area contributed by atoms with Gasteiger partial charge in [0.05, 0.1) is 19.1 Å². The van der Waals surface area contributed by atoms with Crippen molar-refractivity contribution in [2.45, 2.75) is 44.0 Å². The number of rotatable bonds is 5. The molecule has 1 aromatic rings. The number of benzene rings is 1. The maximum atomic E-state index is 12.6. The first kappa shape index (κ1) is 17.1. The highest BCUT2D eigenvalue weighted by atomic mass is 32.2. The van der Waals surface area contributed by atoms with Gasteiger partial charge in [0.25, 0.3) is 0 Å². The molecule has 0 spiro atoms. The Bertz CT molecular complexity index is 615. The van der Waals surface area contributed by atoms with Gasteiger partial charge in [-0.05, 0) is 30.4 Å². The van der Waals surface area contributed by atoms with Crippen LogP contribution in [0.4, 0.5) is 0 Å². The molecule has 124 valence electrons. The highest BCUT2D eigenvalue weighted by Crippen LogP contribution is 2.32. The molecule has 1 aromatic carbocycles. The maximum Gasteiger partial charge on any atom is 0.240 e. The minimum atomic E-state index is -3.56. The first-order valence-electron chi connectivity index (χ1n) is 7.63. The summed E-state index contributed by atoms with van der Waals surface area (Å²) in [4.78, 5) is 0.204. The van der Waals surface area contributed by atoms with E-state index in [4.69, 9.17) is 9.47 Å². The van der Waals surface area contributed by atoms with E-state index >= 15 is 0 Å². The Morgan fingerprint density at radius 2 is 1.77 bits per heavy atom. The smallest absolute Gasteiger partial charge is 0.240 e. The van der Waals surface area contributed by atoms with Crippen molar-refractivity contribution in [2.24, 2.45) is 11.8 Å². The Morgan fingerprint density at radius 1 is 1.09 bits per heavy atom. The average Bonchev–Trinajstić information content (AvgIpc) is 2.51. The normalized spacial score (nSPS) is 25.7. The van der Waals surface area contributed by atoms with Gasteiger partial charge >= 0.3 is 0 Å². The van der Waals surface area contributed by atoms with E-state index in [2.05, 4.69) is 18.6 Å². The molecule has 1 saturated carbocycles. The largest absolute Gasteiger partial charge is 0.493 e. The van der Waals surface area contributed by atoms with Crippen LogP contribution >= 0.6 is 0 Å². The lowest BCUT2D eigenvalue weighted by Crippen LogP contribution is -2.43. The predicted molar refractivity (Wildman–Crippen MR) is 85.8 cm³/mol. The molecule has 5 nitrogen and oxygen atoms in total. The van der Waals surface area contributed by atoms with E-state index < -0.39 is 10.0 Å². The monoisotopic (exact) mass is 327 g/mol. The van der Waals surface area contributed by atoms with Crippen LogP contribution in [0.3, 0.4) is 0 Å². The summed E-state index contributed by atoms with van der Waals surface area (Å²) < 4.78 is 38.4. The summed E-state index contributed by atoms with van der Waals surface area (Å²) in [6.07, 6.45) is 3.11. The predicted octanol–water partition coefficient (Wildman–Crippen LogP) is 2.81. The van der Waals surface area contributed by atoms with Crippen molar-refractivity contribution in [2.75, 3.05) is 14.2 Å². The molecule has 0 amide bonds. The van der Waals surface area contributed by atoms with Crippen LogP contribution in [0.2, 0.25) is 0 Å². The molecular formula is C16H25NO4S. The summed E-state index contributed by atoms with van der Waals surface area (Å²) in [5.74, 6) is 1.80. The van der Waals surface area contributed by atoms with E-state index in [-0.39, 0.29) is 10.9 Å². The molecule has 1 aliphatic carbocycles. The van der Waals surface area contributed by atoms with E-state index in [0.717, 1.165) is 19.3 Å². The van der Waals surface area contributed by atoms with Gasteiger partial charge in [-0.3, -0.25) is 0 Å².